The second kappa shape index (κ2) is 16.0. The molecule has 1 aliphatic rings. The summed E-state index contributed by atoms with van der Waals surface area (Å²) in [6, 6.07) is 18.6. The van der Waals surface area contributed by atoms with Crippen molar-refractivity contribution >= 4 is 33.2 Å². The number of benzene rings is 3. The summed E-state index contributed by atoms with van der Waals surface area (Å²) in [6.07, 6.45) is 5.67. The monoisotopic (exact) mass is 648 g/mol. The van der Waals surface area contributed by atoms with Crippen LogP contribution in [-0.2, 0) is 21.4 Å². The first-order chi connectivity index (χ1) is 21.9. The van der Waals surface area contributed by atoms with Crippen molar-refractivity contribution in [2.75, 3.05) is 23.8 Å². The van der Waals surface area contributed by atoms with Crippen molar-refractivity contribution in [3.8, 4) is 5.75 Å². The van der Waals surface area contributed by atoms with Crippen molar-refractivity contribution in [2.24, 2.45) is 11.8 Å². The van der Waals surface area contributed by atoms with Gasteiger partial charge in [-0.05, 0) is 73.9 Å². The molecular weight excluding hydrogens is 600 g/mol. The highest BCUT2D eigenvalue weighted by Gasteiger charge is 2.30. The predicted octanol–water partition coefficient (Wildman–Crippen LogP) is 6.37. The van der Waals surface area contributed by atoms with E-state index in [0.717, 1.165) is 62.0 Å². The molecule has 3 aromatic rings. The molecule has 0 radical (unpaired) electrons. The zero-order valence-electron chi connectivity index (χ0n) is 27.4. The van der Waals surface area contributed by atoms with Crippen LogP contribution in [0.4, 0.5) is 11.4 Å². The van der Waals surface area contributed by atoms with Gasteiger partial charge < -0.3 is 20.6 Å². The van der Waals surface area contributed by atoms with E-state index in [1.54, 1.807) is 49.4 Å². The lowest BCUT2D eigenvalue weighted by molar-refractivity contribution is -0.120. The molecule has 46 heavy (non-hydrogen) atoms. The Labute approximate surface area is 273 Å². The van der Waals surface area contributed by atoms with Gasteiger partial charge in [-0.25, -0.2) is 13.1 Å². The second-order valence-electron chi connectivity index (χ2n) is 12.8. The molecule has 10 heteroatoms. The maximum absolute atomic E-state index is 13.8. The van der Waals surface area contributed by atoms with Crippen LogP contribution in [0.25, 0.3) is 0 Å². The number of phenolic OH excluding ortho intramolecular Hbond substituents is 1. The fraction of sp³-hybridized carbons (Fsp3) is 0.444. The van der Waals surface area contributed by atoms with Gasteiger partial charge in [-0.1, -0.05) is 69.5 Å². The van der Waals surface area contributed by atoms with Crippen molar-refractivity contribution < 1.29 is 23.1 Å². The highest BCUT2D eigenvalue weighted by molar-refractivity contribution is 7.90. The molecule has 4 N–H and O–H groups in total. The number of nitrogens with one attached hydrogen (secondary N) is 3. The minimum Gasteiger partial charge on any atom is -0.508 e. The average molecular weight is 649 g/mol. The van der Waals surface area contributed by atoms with Gasteiger partial charge in [0.1, 0.15) is 5.75 Å². The number of carbonyl (C=O) groups excluding carboxylic acids is 2. The molecule has 1 fully saturated rings. The van der Waals surface area contributed by atoms with E-state index >= 15 is 0 Å². The Bertz CT molecular complexity index is 1600. The lowest BCUT2D eigenvalue weighted by atomic mass is 9.82. The smallest absolute Gasteiger partial charge is 0.264 e. The number of amides is 2. The Morgan fingerprint density at radius 1 is 0.978 bits per heavy atom. The molecule has 0 spiro atoms. The number of anilines is 2. The van der Waals surface area contributed by atoms with Crippen molar-refractivity contribution in [3.05, 3.63) is 83.4 Å². The van der Waals surface area contributed by atoms with Gasteiger partial charge in [-0.2, -0.15) is 0 Å². The first-order valence-electron chi connectivity index (χ1n) is 16.2. The molecule has 248 valence electrons. The molecule has 0 aliphatic heterocycles. The van der Waals surface area contributed by atoms with Crippen molar-refractivity contribution in [3.63, 3.8) is 0 Å². The van der Waals surface area contributed by atoms with Gasteiger partial charge in [0.25, 0.3) is 15.9 Å². The van der Waals surface area contributed by atoms with Crippen LogP contribution in [0.15, 0.2) is 71.6 Å². The predicted molar refractivity (Wildman–Crippen MR) is 184 cm³/mol. The Morgan fingerprint density at radius 3 is 2.37 bits per heavy atom. The first kappa shape index (κ1) is 34.8. The molecule has 9 nitrogen and oxygen atoms in total. The molecule has 0 heterocycles. The summed E-state index contributed by atoms with van der Waals surface area (Å²) >= 11 is 0. The first-order valence-corrected chi connectivity index (χ1v) is 17.7. The van der Waals surface area contributed by atoms with E-state index in [-0.39, 0.29) is 28.9 Å². The summed E-state index contributed by atoms with van der Waals surface area (Å²) in [6.45, 7) is 7.24. The third-order valence-electron chi connectivity index (χ3n) is 8.74. The van der Waals surface area contributed by atoms with E-state index < -0.39 is 22.0 Å². The number of hydrogen-bond acceptors (Lipinski definition) is 7. The number of para-hydroxylation sites is 1. The van der Waals surface area contributed by atoms with Crippen LogP contribution in [0.2, 0.25) is 0 Å². The van der Waals surface area contributed by atoms with Crippen LogP contribution in [0.1, 0.15) is 80.3 Å². The highest BCUT2D eigenvalue weighted by Crippen LogP contribution is 2.31. The number of hydrogen-bond donors (Lipinski definition) is 4. The maximum Gasteiger partial charge on any atom is 0.264 e. The lowest BCUT2D eigenvalue weighted by Gasteiger charge is -2.31. The summed E-state index contributed by atoms with van der Waals surface area (Å²) in [4.78, 5) is 29.1. The molecule has 1 atom stereocenters. The third-order valence-corrected chi connectivity index (χ3v) is 10.3. The zero-order chi connectivity index (χ0) is 33.3. The standard InChI is InChI=1S/C36H48N4O5S/c1-25(2)20-21-40(4)32-19-18-28(22-31(32)37-24-29-15-9-10-16-33(29)41)36(43)38-30(27-13-6-5-7-14-27)23-35(42)39-46(44,45)34-17-11-8-12-26(34)3/h8-12,15-19,22,25,27,30,37,41H,5-7,13-14,20-21,23-24H2,1-4H3,(H,38,43)(H,39,42). The highest BCUT2D eigenvalue weighted by atomic mass is 32.2. The van der Waals surface area contributed by atoms with E-state index in [0.29, 0.717) is 23.6 Å². The summed E-state index contributed by atoms with van der Waals surface area (Å²) < 4.78 is 28.3. The number of rotatable bonds is 14. The van der Waals surface area contributed by atoms with Crippen LogP contribution < -0.4 is 20.3 Å². The van der Waals surface area contributed by atoms with Gasteiger partial charge in [-0.3, -0.25) is 9.59 Å². The Morgan fingerprint density at radius 2 is 1.67 bits per heavy atom. The minimum absolute atomic E-state index is 0.0592. The van der Waals surface area contributed by atoms with Gasteiger partial charge >= 0.3 is 0 Å². The topological polar surface area (TPSA) is 128 Å². The SMILES string of the molecule is Cc1ccccc1S(=O)(=O)NC(=O)CC(NC(=O)c1ccc(N(C)CCC(C)C)c(NCc2ccccc2O)c1)C1CCCCC1. The molecule has 1 unspecified atom stereocenters. The zero-order valence-corrected chi connectivity index (χ0v) is 28.2. The van der Waals surface area contributed by atoms with E-state index in [4.69, 9.17) is 0 Å². The van der Waals surface area contributed by atoms with E-state index in [1.807, 2.05) is 25.2 Å². The van der Waals surface area contributed by atoms with Crippen LogP contribution in [0.5, 0.6) is 5.75 Å². The fourth-order valence-corrected chi connectivity index (χ4v) is 7.25. The summed E-state index contributed by atoms with van der Waals surface area (Å²) in [7, 11) is -2.03. The van der Waals surface area contributed by atoms with E-state index in [1.165, 1.54) is 6.07 Å². The molecule has 3 aromatic carbocycles. The van der Waals surface area contributed by atoms with Gasteiger partial charge in [0.2, 0.25) is 5.91 Å². The second-order valence-corrected chi connectivity index (χ2v) is 14.4. The normalized spacial score (nSPS) is 14.5. The molecule has 4 rings (SSSR count). The molecule has 1 aliphatic carbocycles. The number of nitrogens with zero attached hydrogens (tertiary/aromatic N) is 1. The van der Waals surface area contributed by atoms with E-state index in [2.05, 4.69) is 34.1 Å². The van der Waals surface area contributed by atoms with Crippen LogP contribution >= 0.6 is 0 Å². The summed E-state index contributed by atoms with van der Waals surface area (Å²) in [5.74, 6) is -0.189. The average Bonchev–Trinajstić information content (AvgIpc) is 3.03. The van der Waals surface area contributed by atoms with Crippen molar-refractivity contribution in [1.29, 1.82) is 0 Å². The number of carbonyl (C=O) groups is 2. The molecule has 1 saturated carbocycles. The Hall–Kier alpha value is -4.05. The summed E-state index contributed by atoms with van der Waals surface area (Å²) in [5, 5.41) is 16.8. The van der Waals surface area contributed by atoms with Gasteiger partial charge in [0.15, 0.2) is 0 Å². The molecule has 0 aromatic heterocycles. The van der Waals surface area contributed by atoms with Crippen molar-refractivity contribution in [2.45, 2.75) is 83.2 Å². The van der Waals surface area contributed by atoms with Gasteiger partial charge in [-0.15, -0.1) is 0 Å². The Kier molecular flexibility index (Phi) is 12.1. The lowest BCUT2D eigenvalue weighted by Crippen LogP contribution is -2.45. The molecular formula is C36H48N4O5S. The number of aromatic hydroxyl groups is 1. The maximum atomic E-state index is 13.8. The summed E-state index contributed by atoms with van der Waals surface area (Å²) in [5.41, 5.74) is 3.38. The largest absolute Gasteiger partial charge is 0.508 e. The third kappa shape index (κ3) is 9.48. The number of sulfonamides is 1. The van der Waals surface area contributed by atoms with Gasteiger partial charge in [0.05, 0.1) is 16.3 Å². The molecule has 0 bridgehead atoms. The van der Waals surface area contributed by atoms with Crippen LogP contribution in [0.3, 0.4) is 0 Å². The Balaban J connectivity index is 1.55. The van der Waals surface area contributed by atoms with E-state index in [9.17, 15) is 23.1 Å². The van der Waals surface area contributed by atoms with Crippen molar-refractivity contribution in [1.82, 2.24) is 10.0 Å². The van der Waals surface area contributed by atoms with Crippen LogP contribution in [0, 0.1) is 18.8 Å². The fourth-order valence-electron chi connectivity index (χ4n) is 6.00. The van der Waals surface area contributed by atoms with Crippen LogP contribution in [-0.4, -0.2) is 45.0 Å². The minimum atomic E-state index is -4.05. The molecule has 0 saturated heterocycles. The number of phenols is 1. The molecule has 2 amide bonds. The number of aryl methyl sites for hydroxylation is 1. The van der Waals surface area contributed by atoms with Gasteiger partial charge in [0, 0.05) is 43.7 Å². The quantitative estimate of drug-likeness (QED) is 0.160.